The number of piperazine rings is 2. The number of carbonyl (C=O) groups is 1. The maximum Gasteiger partial charge on any atom is 0.236 e. The Morgan fingerprint density at radius 2 is 1.52 bits per heavy atom. The highest BCUT2D eigenvalue weighted by Crippen LogP contribution is 2.17. The normalized spacial score (nSPS) is 27.5. The lowest BCUT2D eigenvalue weighted by molar-refractivity contribution is -0.135. The van der Waals surface area contributed by atoms with Gasteiger partial charge in [0.05, 0.1) is 6.54 Å². The van der Waals surface area contributed by atoms with E-state index in [9.17, 15) is 4.79 Å². The van der Waals surface area contributed by atoms with Gasteiger partial charge in [-0.2, -0.15) is 0 Å². The molecule has 0 saturated carbocycles. The minimum absolute atomic E-state index is 0.290. The predicted molar refractivity (Wildman–Crippen MR) is 90.9 cm³/mol. The molecule has 7 heteroatoms. The quantitative estimate of drug-likeness (QED) is 0.653. The Labute approximate surface area is 139 Å². The molecule has 3 aliphatic rings. The highest BCUT2D eigenvalue weighted by molar-refractivity contribution is 5.78. The molecule has 3 rings (SSSR count). The molecule has 3 saturated heterocycles. The summed E-state index contributed by atoms with van der Waals surface area (Å²) in [6, 6.07) is 0.723. The van der Waals surface area contributed by atoms with Crippen LogP contribution in [0, 0.1) is 0 Å². The molecule has 132 valence electrons. The second-order valence-electron chi connectivity index (χ2n) is 7.26. The van der Waals surface area contributed by atoms with Gasteiger partial charge in [0, 0.05) is 58.4 Å². The number of rotatable bonds is 3. The van der Waals surface area contributed by atoms with Crippen LogP contribution < -0.4 is 5.84 Å². The first kappa shape index (κ1) is 17.1. The Morgan fingerprint density at radius 1 is 0.913 bits per heavy atom. The van der Waals surface area contributed by atoms with Gasteiger partial charge in [0.15, 0.2) is 0 Å². The molecule has 0 aromatic rings. The van der Waals surface area contributed by atoms with Crippen molar-refractivity contribution in [3.05, 3.63) is 0 Å². The fourth-order valence-electron chi connectivity index (χ4n) is 3.91. The van der Waals surface area contributed by atoms with E-state index in [0.29, 0.717) is 12.5 Å². The van der Waals surface area contributed by atoms with Crippen LogP contribution in [0.2, 0.25) is 0 Å². The zero-order chi connectivity index (χ0) is 16.2. The first-order valence-corrected chi connectivity index (χ1v) is 9.04. The van der Waals surface area contributed by atoms with Gasteiger partial charge in [-0.15, -0.1) is 0 Å². The number of nitrogens with two attached hydrogens (primary N) is 1. The zero-order valence-corrected chi connectivity index (χ0v) is 14.5. The molecule has 0 radical (unpaired) electrons. The molecule has 3 aliphatic heterocycles. The monoisotopic (exact) mass is 324 g/mol. The molecular formula is C16H32N6O. The minimum Gasteiger partial charge on any atom is -0.339 e. The highest BCUT2D eigenvalue weighted by atomic mass is 16.2. The van der Waals surface area contributed by atoms with Crippen molar-refractivity contribution < 1.29 is 4.79 Å². The Morgan fingerprint density at radius 3 is 2.13 bits per heavy atom. The second kappa shape index (κ2) is 7.90. The topological polar surface area (TPSA) is 59.3 Å². The van der Waals surface area contributed by atoms with E-state index in [1.807, 2.05) is 5.01 Å². The van der Waals surface area contributed by atoms with Crippen LogP contribution in [0.15, 0.2) is 0 Å². The van der Waals surface area contributed by atoms with Crippen molar-refractivity contribution in [3.63, 3.8) is 0 Å². The number of hydrazine groups is 1. The van der Waals surface area contributed by atoms with Gasteiger partial charge in [0.25, 0.3) is 0 Å². The van der Waals surface area contributed by atoms with Crippen molar-refractivity contribution >= 4 is 5.91 Å². The van der Waals surface area contributed by atoms with Gasteiger partial charge < -0.3 is 9.80 Å². The molecule has 7 nitrogen and oxygen atoms in total. The zero-order valence-electron chi connectivity index (χ0n) is 14.5. The van der Waals surface area contributed by atoms with Gasteiger partial charge in [0.1, 0.15) is 0 Å². The maximum atomic E-state index is 12.5. The first-order valence-electron chi connectivity index (χ1n) is 9.04. The number of hydrogen-bond donors (Lipinski definition) is 1. The van der Waals surface area contributed by atoms with Crippen molar-refractivity contribution in [2.24, 2.45) is 5.84 Å². The van der Waals surface area contributed by atoms with Gasteiger partial charge >= 0.3 is 0 Å². The van der Waals surface area contributed by atoms with E-state index < -0.39 is 0 Å². The standard InChI is InChI=1S/C16H32N6O/c1-18-4-2-15(3-5-18)20-8-10-21(11-9-20)16(23)14-19-6-12-22(17)13-7-19/h15H,2-14,17H2,1H3. The molecule has 0 bridgehead atoms. The lowest BCUT2D eigenvalue weighted by atomic mass is 10.0. The minimum atomic E-state index is 0.290. The van der Waals surface area contributed by atoms with E-state index in [1.54, 1.807) is 0 Å². The van der Waals surface area contributed by atoms with E-state index in [1.165, 1.54) is 25.9 Å². The maximum absolute atomic E-state index is 12.5. The van der Waals surface area contributed by atoms with Gasteiger partial charge in [-0.3, -0.25) is 20.4 Å². The lowest BCUT2D eigenvalue weighted by Gasteiger charge is -2.42. The van der Waals surface area contributed by atoms with Crippen LogP contribution in [-0.4, -0.2) is 116 Å². The van der Waals surface area contributed by atoms with Crippen LogP contribution >= 0.6 is 0 Å². The number of piperidine rings is 1. The number of likely N-dealkylation sites (tertiary alicyclic amines) is 1. The molecular weight excluding hydrogens is 292 g/mol. The van der Waals surface area contributed by atoms with Crippen LogP contribution in [0.1, 0.15) is 12.8 Å². The molecule has 3 heterocycles. The van der Waals surface area contributed by atoms with Gasteiger partial charge in [-0.05, 0) is 33.0 Å². The van der Waals surface area contributed by atoms with Gasteiger partial charge in [-0.1, -0.05) is 0 Å². The predicted octanol–water partition coefficient (Wildman–Crippen LogP) is -1.28. The molecule has 0 spiro atoms. The van der Waals surface area contributed by atoms with Crippen molar-refractivity contribution in [3.8, 4) is 0 Å². The van der Waals surface area contributed by atoms with Crippen LogP contribution in [-0.2, 0) is 4.79 Å². The third-order valence-electron chi connectivity index (χ3n) is 5.64. The summed E-state index contributed by atoms with van der Waals surface area (Å²) in [4.78, 5) is 21.8. The number of hydrogen-bond acceptors (Lipinski definition) is 6. The molecule has 0 aromatic heterocycles. The van der Waals surface area contributed by atoms with Crippen molar-refractivity contribution in [2.45, 2.75) is 18.9 Å². The van der Waals surface area contributed by atoms with E-state index in [-0.39, 0.29) is 0 Å². The second-order valence-corrected chi connectivity index (χ2v) is 7.26. The molecule has 0 aromatic carbocycles. The molecule has 1 amide bonds. The molecule has 0 aliphatic carbocycles. The van der Waals surface area contributed by atoms with Gasteiger partial charge in [0.2, 0.25) is 5.91 Å². The summed E-state index contributed by atoms with van der Waals surface area (Å²) in [7, 11) is 2.21. The van der Waals surface area contributed by atoms with Crippen LogP contribution in [0.25, 0.3) is 0 Å². The first-order chi connectivity index (χ1) is 11.1. The van der Waals surface area contributed by atoms with Crippen molar-refractivity contribution in [1.82, 2.24) is 24.6 Å². The Kier molecular flexibility index (Phi) is 5.87. The molecule has 0 atom stereocenters. The number of amides is 1. The number of carbonyl (C=O) groups excluding carboxylic acids is 1. The van der Waals surface area contributed by atoms with E-state index in [4.69, 9.17) is 5.84 Å². The summed E-state index contributed by atoms with van der Waals surface area (Å²) in [6.07, 6.45) is 2.54. The average molecular weight is 324 g/mol. The van der Waals surface area contributed by atoms with Gasteiger partial charge in [-0.25, -0.2) is 5.01 Å². The van der Waals surface area contributed by atoms with Crippen molar-refractivity contribution in [1.29, 1.82) is 0 Å². The summed E-state index contributed by atoms with van der Waals surface area (Å²) in [6.45, 7) is 10.3. The Hall–Kier alpha value is -0.730. The molecule has 3 fully saturated rings. The fourth-order valence-corrected chi connectivity index (χ4v) is 3.91. The van der Waals surface area contributed by atoms with Crippen LogP contribution in [0.4, 0.5) is 0 Å². The summed E-state index contributed by atoms with van der Waals surface area (Å²) in [5, 5.41) is 1.83. The third kappa shape index (κ3) is 4.64. The van der Waals surface area contributed by atoms with Crippen LogP contribution in [0.3, 0.4) is 0 Å². The smallest absolute Gasteiger partial charge is 0.236 e. The largest absolute Gasteiger partial charge is 0.339 e. The lowest BCUT2D eigenvalue weighted by Crippen LogP contribution is -2.56. The van der Waals surface area contributed by atoms with Crippen LogP contribution in [0.5, 0.6) is 0 Å². The van der Waals surface area contributed by atoms with Crippen molar-refractivity contribution in [2.75, 3.05) is 79.0 Å². The third-order valence-corrected chi connectivity index (χ3v) is 5.64. The van der Waals surface area contributed by atoms with E-state index in [0.717, 1.165) is 58.4 Å². The SMILES string of the molecule is CN1CCC(N2CCN(C(=O)CN3CCN(N)CC3)CC2)CC1. The Bertz CT molecular complexity index is 382. The number of nitrogens with zero attached hydrogens (tertiary/aromatic N) is 5. The fraction of sp³-hybridized carbons (Fsp3) is 0.938. The summed E-state index contributed by atoms with van der Waals surface area (Å²) >= 11 is 0. The summed E-state index contributed by atoms with van der Waals surface area (Å²) < 4.78 is 0. The average Bonchev–Trinajstić information content (AvgIpc) is 2.58. The van der Waals surface area contributed by atoms with E-state index >= 15 is 0 Å². The highest BCUT2D eigenvalue weighted by Gasteiger charge is 2.28. The Balaban J connectivity index is 1.39. The molecule has 23 heavy (non-hydrogen) atoms. The summed E-state index contributed by atoms with van der Waals surface area (Å²) in [5.41, 5.74) is 0. The molecule has 2 N–H and O–H groups in total. The summed E-state index contributed by atoms with van der Waals surface area (Å²) in [5.74, 6) is 6.06. The van der Waals surface area contributed by atoms with E-state index in [2.05, 4.69) is 26.6 Å². The molecule has 0 unspecified atom stereocenters.